The maximum Gasteiger partial charge on any atom is 0.418 e. The molecule has 0 radical (unpaired) electrons. The second kappa shape index (κ2) is 12.5. The van der Waals surface area contributed by atoms with Crippen LogP contribution in [0.5, 0.6) is 0 Å². The maximum absolute atomic E-state index is 12.3. The number of rotatable bonds is 10. The van der Waals surface area contributed by atoms with E-state index < -0.39 is 11.9 Å². The molecule has 2 amide bonds. The summed E-state index contributed by atoms with van der Waals surface area (Å²) in [7, 11) is 0. The van der Waals surface area contributed by atoms with Crippen LogP contribution in [0.25, 0.3) is 18.2 Å². The molecule has 6 N–H and O–H groups in total. The van der Waals surface area contributed by atoms with E-state index in [0.29, 0.717) is 33.4 Å². The molecule has 1 atom stereocenters. The minimum atomic E-state index is -0.927. The van der Waals surface area contributed by atoms with Crippen molar-refractivity contribution in [3.63, 3.8) is 0 Å². The Kier molecular flexibility index (Phi) is 8.99. The Morgan fingerprint density at radius 1 is 0.907 bits per heavy atom. The third-order valence-electron chi connectivity index (χ3n) is 8.19. The standard InChI is InChI=1S/C33H36N4O6/c1-7-20-19(6)32(42)37-27(20)14-25-18(5)23(10-12-31(40)41)29(35-25)15-28-22(9-11-30(38)39)17(4)24(34-28)13-26-16(3)21(8-2)33(43)36-26/h7-8,13-15,19,34-35H,2,9-12H2,1,3-6H3,(H,37,42)(H,38,39)(H,40,41)/p+1/b20-7+,24-13+,27-14-,28-15-/t19-/m0/s1. The summed E-state index contributed by atoms with van der Waals surface area (Å²) in [6.07, 6.45) is 9.36. The molecular weight excluding hydrogens is 548 g/mol. The lowest BCUT2D eigenvalue weighted by atomic mass is 10.00. The van der Waals surface area contributed by atoms with Crippen LogP contribution in [0.1, 0.15) is 67.3 Å². The van der Waals surface area contributed by atoms with Crippen molar-refractivity contribution in [2.75, 3.05) is 0 Å². The number of hydrogen-bond acceptors (Lipinski definition) is 4. The van der Waals surface area contributed by atoms with Gasteiger partial charge in [0.1, 0.15) is 0 Å². The average molecular weight is 586 g/mol. The number of carbonyl (C=O) groups is 4. The fourth-order valence-electron chi connectivity index (χ4n) is 5.64. The van der Waals surface area contributed by atoms with Gasteiger partial charge in [0.2, 0.25) is 11.6 Å². The van der Waals surface area contributed by atoms with Gasteiger partial charge in [-0.15, -0.1) is 0 Å². The number of aromatic amines is 2. The monoisotopic (exact) mass is 585 g/mol. The third kappa shape index (κ3) is 6.28. The lowest BCUT2D eigenvalue weighted by Gasteiger charge is -2.03. The van der Waals surface area contributed by atoms with Gasteiger partial charge in [0.25, 0.3) is 0 Å². The molecule has 0 bridgehead atoms. The molecule has 0 aliphatic carbocycles. The Morgan fingerprint density at radius 2 is 1.56 bits per heavy atom. The van der Waals surface area contributed by atoms with Crippen molar-refractivity contribution in [1.29, 1.82) is 0 Å². The highest BCUT2D eigenvalue weighted by Gasteiger charge is 2.29. The van der Waals surface area contributed by atoms with Gasteiger partial charge in [0.05, 0.1) is 11.5 Å². The lowest BCUT2D eigenvalue weighted by Crippen LogP contribution is -2.74. The van der Waals surface area contributed by atoms with Crippen LogP contribution in [0.4, 0.5) is 0 Å². The Morgan fingerprint density at radius 3 is 2.14 bits per heavy atom. The van der Waals surface area contributed by atoms with Gasteiger partial charge < -0.3 is 25.5 Å². The second-order valence-electron chi connectivity index (χ2n) is 10.8. The Bertz CT molecular complexity index is 1810. The van der Waals surface area contributed by atoms with E-state index in [-0.39, 0.29) is 43.4 Å². The highest BCUT2D eigenvalue weighted by molar-refractivity contribution is 6.24. The molecule has 4 rings (SSSR count). The summed E-state index contributed by atoms with van der Waals surface area (Å²) in [5.41, 5.74) is 8.17. The molecule has 0 saturated carbocycles. The number of carboxylic acid groups (broad SMARTS) is 2. The van der Waals surface area contributed by atoms with Gasteiger partial charge in [-0.3, -0.25) is 14.4 Å². The summed E-state index contributed by atoms with van der Waals surface area (Å²) >= 11 is 0. The molecule has 2 aliphatic heterocycles. The largest absolute Gasteiger partial charge is 0.481 e. The fraction of sp³-hybridized carbons (Fsp3) is 0.303. The maximum atomic E-state index is 12.3. The topological polar surface area (TPSA) is 166 Å². The molecule has 10 heteroatoms. The molecule has 43 heavy (non-hydrogen) atoms. The van der Waals surface area contributed by atoms with Crippen molar-refractivity contribution in [1.82, 2.24) is 15.3 Å². The molecule has 0 aromatic carbocycles. The van der Waals surface area contributed by atoms with E-state index in [1.165, 1.54) is 6.08 Å². The third-order valence-corrected chi connectivity index (χ3v) is 8.19. The van der Waals surface area contributed by atoms with E-state index in [2.05, 4.69) is 26.9 Å². The molecule has 224 valence electrons. The minimum absolute atomic E-state index is 0.0760. The van der Waals surface area contributed by atoms with Crippen LogP contribution in [0, 0.1) is 19.8 Å². The summed E-state index contributed by atoms with van der Waals surface area (Å²) < 4.78 is 0. The van der Waals surface area contributed by atoms with E-state index in [4.69, 9.17) is 0 Å². The van der Waals surface area contributed by atoms with Crippen molar-refractivity contribution in [3.8, 4) is 0 Å². The number of amides is 2. The predicted octanol–water partition coefficient (Wildman–Crippen LogP) is 1.22. The quantitative estimate of drug-likeness (QED) is 0.245. The molecule has 0 spiro atoms. The van der Waals surface area contributed by atoms with Crippen LogP contribution in [0.15, 0.2) is 41.1 Å². The van der Waals surface area contributed by atoms with Crippen LogP contribution in [0.2, 0.25) is 0 Å². The van der Waals surface area contributed by atoms with Gasteiger partial charge in [0, 0.05) is 52.3 Å². The van der Waals surface area contributed by atoms with Crippen LogP contribution in [0.3, 0.4) is 0 Å². The zero-order valence-corrected chi connectivity index (χ0v) is 25.0. The summed E-state index contributed by atoms with van der Waals surface area (Å²) in [6.45, 7) is 13.1. The van der Waals surface area contributed by atoms with Gasteiger partial charge in [-0.05, 0) is 87.4 Å². The molecule has 4 heterocycles. The number of allylic oxidation sites excluding steroid dienone is 3. The van der Waals surface area contributed by atoms with Crippen molar-refractivity contribution in [2.45, 2.75) is 60.3 Å². The molecule has 1 fully saturated rings. The number of aliphatic carboxylic acids is 2. The summed E-state index contributed by atoms with van der Waals surface area (Å²) in [5.74, 6) is -2.45. The molecule has 10 nitrogen and oxygen atoms in total. The number of nitrogens with one attached hydrogen (secondary N) is 4. The van der Waals surface area contributed by atoms with Crippen molar-refractivity contribution in [2.24, 2.45) is 5.92 Å². The minimum Gasteiger partial charge on any atom is -0.481 e. The summed E-state index contributed by atoms with van der Waals surface area (Å²) in [4.78, 5) is 57.4. The molecular formula is C33H37N4O6+. The SMILES string of the molecule is C=CC1=C(C)C(/C=c2/[nH]/c(=C\c3[nH]c(/C=C4\NC(=O)[C@@H](C)\C4=C/C)c(C)c3CCC(=O)O)c(CCC(=O)O)c2C)=[NH+]C1=O. The fourth-order valence-corrected chi connectivity index (χ4v) is 5.64. The van der Waals surface area contributed by atoms with Crippen molar-refractivity contribution in [3.05, 3.63) is 85.5 Å². The van der Waals surface area contributed by atoms with Crippen molar-refractivity contribution < 1.29 is 34.4 Å². The van der Waals surface area contributed by atoms with Crippen LogP contribution in [-0.2, 0) is 32.0 Å². The highest BCUT2D eigenvalue weighted by Crippen LogP contribution is 2.29. The zero-order valence-electron chi connectivity index (χ0n) is 25.0. The van der Waals surface area contributed by atoms with Crippen LogP contribution in [-0.4, -0.2) is 49.6 Å². The molecule has 2 aromatic rings. The van der Waals surface area contributed by atoms with E-state index in [9.17, 15) is 29.4 Å². The normalized spacial score (nSPS) is 19.7. The second-order valence-corrected chi connectivity index (χ2v) is 10.8. The predicted molar refractivity (Wildman–Crippen MR) is 163 cm³/mol. The Hall–Kier alpha value is -4.99. The van der Waals surface area contributed by atoms with Gasteiger partial charge in [-0.1, -0.05) is 18.7 Å². The lowest BCUT2D eigenvalue weighted by molar-refractivity contribution is -0.366. The average Bonchev–Trinajstić information content (AvgIpc) is 3.59. The first kappa shape index (κ1) is 31.0. The van der Waals surface area contributed by atoms with Crippen LogP contribution >= 0.6 is 0 Å². The number of H-pyrrole nitrogens is 2. The Labute approximate surface area is 249 Å². The summed E-state index contributed by atoms with van der Waals surface area (Å²) in [6, 6.07) is 0. The molecule has 0 unspecified atom stereocenters. The van der Waals surface area contributed by atoms with Gasteiger partial charge in [-0.25, -0.2) is 4.79 Å². The number of aromatic nitrogens is 2. The number of carboxylic acids is 2. The summed E-state index contributed by atoms with van der Waals surface area (Å²) in [5, 5.41) is 23.2. The molecule has 1 saturated heterocycles. The van der Waals surface area contributed by atoms with Gasteiger partial charge in [-0.2, -0.15) is 4.99 Å². The number of carbonyl (C=O) groups excluding carboxylic acids is 2. The molecule has 2 aliphatic rings. The van der Waals surface area contributed by atoms with Crippen molar-refractivity contribution >= 4 is 47.7 Å². The zero-order chi connectivity index (χ0) is 31.6. The smallest absolute Gasteiger partial charge is 0.418 e. The first-order chi connectivity index (χ1) is 20.4. The van der Waals surface area contributed by atoms with Crippen LogP contribution < -0.4 is 21.0 Å². The molecule has 2 aromatic heterocycles. The van der Waals surface area contributed by atoms with E-state index in [1.54, 1.807) is 0 Å². The van der Waals surface area contributed by atoms with E-state index >= 15 is 0 Å². The first-order valence-electron chi connectivity index (χ1n) is 14.1. The first-order valence-corrected chi connectivity index (χ1v) is 14.1. The Balaban J connectivity index is 1.91. The van der Waals surface area contributed by atoms with E-state index in [0.717, 1.165) is 39.1 Å². The number of hydrogen-bond donors (Lipinski definition) is 6. The van der Waals surface area contributed by atoms with E-state index in [1.807, 2.05) is 58.9 Å². The highest BCUT2D eigenvalue weighted by atomic mass is 16.4. The van der Waals surface area contributed by atoms with Gasteiger partial charge >= 0.3 is 17.8 Å². The van der Waals surface area contributed by atoms with Gasteiger partial charge in [0.15, 0.2) is 0 Å².